The van der Waals surface area contributed by atoms with Crippen molar-refractivity contribution in [2.75, 3.05) is 40.3 Å². The van der Waals surface area contributed by atoms with Crippen molar-refractivity contribution in [2.24, 2.45) is 11.3 Å². The van der Waals surface area contributed by atoms with E-state index in [1.54, 1.807) is 0 Å². The summed E-state index contributed by atoms with van der Waals surface area (Å²) in [4.78, 5) is 19.0. The molecular formula is C22H35N3OS. The van der Waals surface area contributed by atoms with Gasteiger partial charge in [-0.15, -0.1) is 11.3 Å². The Bertz CT molecular complexity index is 628. The summed E-state index contributed by atoms with van der Waals surface area (Å²) in [5.74, 6) is 1.02. The van der Waals surface area contributed by atoms with Crippen molar-refractivity contribution < 1.29 is 4.79 Å². The zero-order valence-corrected chi connectivity index (χ0v) is 17.8. The smallest absolute Gasteiger partial charge is 0.222 e. The van der Waals surface area contributed by atoms with E-state index in [1.807, 2.05) is 11.3 Å². The first kappa shape index (κ1) is 19.4. The molecule has 0 unspecified atom stereocenters. The predicted molar refractivity (Wildman–Crippen MR) is 112 cm³/mol. The maximum absolute atomic E-state index is 12.9. The van der Waals surface area contributed by atoms with Crippen LogP contribution in [0.5, 0.6) is 0 Å². The molecule has 3 fully saturated rings. The maximum Gasteiger partial charge on any atom is 0.222 e. The molecule has 3 aliphatic rings. The van der Waals surface area contributed by atoms with Crippen LogP contribution in [0.15, 0.2) is 17.5 Å². The molecule has 1 amide bonds. The number of rotatable bonds is 4. The van der Waals surface area contributed by atoms with Crippen LogP contribution in [-0.2, 0) is 10.3 Å². The quantitative estimate of drug-likeness (QED) is 0.853. The molecule has 1 saturated carbocycles. The highest BCUT2D eigenvalue weighted by Gasteiger charge is 2.48. The first-order valence-electron chi connectivity index (χ1n) is 10.7. The molecule has 27 heavy (non-hydrogen) atoms. The lowest BCUT2D eigenvalue weighted by Crippen LogP contribution is -2.47. The van der Waals surface area contributed by atoms with Crippen LogP contribution in [0.1, 0.15) is 56.2 Å². The number of hydrogen-bond acceptors (Lipinski definition) is 4. The summed E-state index contributed by atoms with van der Waals surface area (Å²) in [6.07, 6.45) is 9.25. The summed E-state index contributed by atoms with van der Waals surface area (Å²) in [5.41, 5.74) is 0.576. The Balaban J connectivity index is 1.37. The van der Waals surface area contributed by atoms with E-state index in [0.717, 1.165) is 45.4 Å². The number of nitrogens with zero attached hydrogens (tertiary/aromatic N) is 2. The third kappa shape index (κ3) is 3.83. The summed E-state index contributed by atoms with van der Waals surface area (Å²) >= 11 is 1.90. The van der Waals surface area contributed by atoms with Crippen molar-refractivity contribution in [2.45, 2.75) is 56.9 Å². The number of piperidine rings is 1. The van der Waals surface area contributed by atoms with Crippen LogP contribution in [0.25, 0.3) is 0 Å². The van der Waals surface area contributed by atoms with E-state index in [4.69, 9.17) is 0 Å². The third-order valence-electron chi connectivity index (χ3n) is 7.69. The summed E-state index contributed by atoms with van der Waals surface area (Å²) in [6.45, 7) is 4.15. The molecule has 3 heterocycles. The fourth-order valence-electron chi connectivity index (χ4n) is 5.67. The standard InChI is InChI=1S/C22H35N3OS/c1-24(2)22(19-4-3-15-27-19)9-7-21(8-10-22)11-14-25(17-21)20(26)16-18-5-12-23-13-6-18/h3-4,15,18,23H,5-14,16-17H2,1-2H3. The lowest BCUT2D eigenvalue weighted by Gasteiger charge is -2.48. The van der Waals surface area contributed by atoms with Crippen molar-refractivity contribution >= 4 is 17.2 Å². The SMILES string of the molecule is CN(C)C1(c2cccs2)CCC2(CCN(C(=O)CC3CCNCC3)C2)CC1. The van der Waals surface area contributed by atoms with E-state index in [1.165, 1.54) is 37.0 Å². The molecule has 2 aliphatic heterocycles. The molecule has 0 aromatic carbocycles. The summed E-state index contributed by atoms with van der Waals surface area (Å²) < 4.78 is 0. The fraction of sp³-hybridized carbons (Fsp3) is 0.773. The van der Waals surface area contributed by atoms with Crippen LogP contribution >= 0.6 is 11.3 Å². The zero-order chi connectivity index (χ0) is 18.9. The maximum atomic E-state index is 12.9. The van der Waals surface area contributed by atoms with Gasteiger partial charge in [0.1, 0.15) is 0 Å². The monoisotopic (exact) mass is 389 g/mol. The Kier molecular flexibility index (Phi) is 5.64. The van der Waals surface area contributed by atoms with Crippen molar-refractivity contribution in [1.29, 1.82) is 0 Å². The number of carbonyl (C=O) groups is 1. The van der Waals surface area contributed by atoms with Crippen LogP contribution in [0.2, 0.25) is 0 Å². The minimum absolute atomic E-state index is 0.200. The lowest BCUT2D eigenvalue weighted by molar-refractivity contribution is -0.132. The van der Waals surface area contributed by atoms with Crippen LogP contribution in [0.3, 0.4) is 0 Å². The van der Waals surface area contributed by atoms with Gasteiger partial charge in [-0.2, -0.15) is 0 Å². The number of amides is 1. The van der Waals surface area contributed by atoms with Crippen molar-refractivity contribution in [3.63, 3.8) is 0 Å². The van der Waals surface area contributed by atoms with Crippen molar-refractivity contribution in [1.82, 2.24) is 15.1 Å². The molecular weight excluding hydrogens is 354 g/mol. The number of likely N-dealkylation sites (tertiary alicyclic amines) is 1. The van der Waals surface area contributed by atoms with Gasteiger partial charge in [-0.05, 0) is 94.9 Å². The van der Waals surface area contributed by atoms with Gasteiger partial charge in [0.15, 0.2) is 0 Å². The molecule has 1 aliphatic carbocycles. The van der Waals surface area contributed by atoms with Gasteiger partial charge >= 0.3 is 0 Å². The Hall–Kier alpha value is -0.910. The highest BCUT2D eigenvalue weighted by molar-refractivity contribution is 7.10. The Morgan fingerprint density at radius 2 is 1.96 bits per heavy atom. The summed E-state index contributed by atoms with van der Waals surface area (Å²) in [5, 5.41) is 5.61. The van der Waals surface area contributed by atoms with E-state index in [9.17, 15) is 4.79 Å². The van der Waals surface area contributed by atoms with Crippen LogP contribution in [0.4, 0.5) is 0 Å². The van der Waals surface area contributed by atoms with E-state index in [0.29, 0.717) is 17.2 Å². The number of hydrogen-bond donors (Lipinski definition) is 1. The van der Waals surface area contributed by atoms with Gasteiger partial charge in [0, 0.05) is 24.4 Å². The van der Waals surface area contributed by atoms with E-state index < -0.39 is 0 Å². The van der Waals surface area contributed by atoms with Crippen LogP contribution in [0, 0.1) is 11.3 Å². The van der Waals surface area contributed by atoms with Gasteiger partial charge in [0.2, 0.25) is 5.91 Å². The highest BCUT2D eigenvalue weighted by Crippen LogP contribution is 2.52. The molecule has 1 aromatic rings. The molecule has 2 saturated heterocycles. The van der Waals surface area contributed by atoms with Gasteiger partial charge in [-0.3, -0.25) is 9.69 Å². The summed E-state index contributed by atoms with van der Waals surface area (Å²) in [6, 6.07) is 4.50. The topological polar surface area (TPSA) is 35.6 Å². The minimum Gasteiger partial charge on any atom is -0.342 e. The van der Waals surface area contributed by atoms with Crippen LogP contribution < -0.4 is 5.32 Å². The molecule has 1 aromatic heterocycles. The largest absolute Gasteiger partial charge is 0.342 e. The first-order valence-corrected chi connectivity index (χ1v) is 11.6. The second-order valence-corrected chi connectivity index (χ2v) is 10.3. The Morgan fingerprint density at radius 3 is 2.59 bits per heavy atom. The van der Waals surface area contributed by atoms with Gasteiger partial charge in [-0.25, -0.2) is 0 Å². The number of carbonyl (C=O) groups excluding carboxylic acids is 1. The fourth-order valence-corrected chi connectivity index (χ4v) is 6.74. The predicted octanol–water partition coefficient (Wildman–Crippen LogP) is 3.69. The average molecular weight is 390 g/mol. The van der Waals surface area contributed by atoms with Gasteiger partial charge in [0.25, 0.3) is 0 Å². The lowest BCUT2D eigenvalue weighted by atomic mass is 9.66. The average Bonchev–Trinajstić information content (AvgIpc) is 3.34. The van der Waals surface area contributed by atoms with E-state index >= 15 is 0 Å². The molecule has 0 atom stereocenters. The molecule has 4 nitrogen and oxygen atoms in total. The number of nitrogens with one attached hydrogen (secondary N) is 1. The second kappa shape index (κ2) is 7.84. The van der Waals surface area contributed by atoms with Gasteiger partial charge < -0.3 is 10.2 Å². The normalized spacial score (nSPS) is 32.5. The van der Waals surface area contributed by atoms with E-state index in [-0.39, 0.29) is 5.54 Å². The molecule has 1 N–H and O–H groups in total. The molecule has 5 heteroatoms. The highest BCUT2D eigenvalue weighted by atomic mass is 32.1. The minimum atomic E-state index is 0.200. The first-order chi connectivity index (χ1) is 13.0. The Labute approximate surface area is 168 Å². The van der Waals surface area contributed by atoms with Gasteiger partial charge in [0.05, 0.1) is 5.54 Å². The Morgan fingerprint density at radius 1 is 1.22 bits per heavy atom. The molecule has 0 radical (unpaired) electrons. The molecule has 1 spiro atoms. The number of thiophene rings is 1. The molecule has 4 rings (SSSR count). The molecule has 150 valence electrons. The van der Waals surface area contributed by atoms with Gasteiger partial charge in [-0.1, -0.05) is 6.07 Å². The van der Waals surface area contributed by atoms with Crippen LogP contribution in [-0.4, -0.2) is 56.0 Å². The zero-order valence-electron chi connectivity index (χ0n) is 17.0. The summed E-state index contributed by atoms with van der Waals surface area (Å²) in [7, 11) is 4.47. The molecule has 0 bridgehead atoms. The van der Waals surface area contributed by atoms with E-state index in [2.05, 4.69) is 46.7 Å². The second-order valence-electron chi connectivity index (χ2n) is 9.37. The van der Waals surface area contributed by atoms with Crippen molar-refractivity contribution in [3.8, 4) is 0 Å². The third-order valence-corrected chi connectivity index (χ3v) is 8.75. The van der Waals surface area contributed by atoms with Crippen molar-refractivity contribution in [3.05, 3.63) is 22.4 Å².